The first kappa shape index (κ1) is 25.1. The van der Waals surface area contributed by atoms with E-state index >= 15 is 0 Å². The quantitative estimate of drug-likeness (QED) is 0.264. The van der Waals surface area contributed by atoms with Crippen LogP contribution in [0.1, 0.15) is 34.7 Å². The van der Waals surface area contributed by atoms with Crippen LogP contribution >= 0.6 is 15.9 Å². The Hall–Kier alpha value is -3.56. The Balaban J connectivity index is 1.80. The summed E-state index contributed by atoms with van der Waals surface area (Å²) in [7, 11) is 1.55. The second-order valence-electron chi connectivity index (χ2n) is 7.99. The number of benzene rings is 3. The molecule has 0 fully saturated rings. The summed E-state index contributed by atoms with van der Waals surface area (Å²) in [6, 6.07) is 19.3. The Kier molecular flexibility index (Phi) is 8.50. The van der Waals surface area contributed by atoms with Crippen molar-refractivity contribution >= 4 is 33.6 Å². The summed E-state index contributed by atoms with van der Waals surface area (Å²) >= 11 is 3.54. The molecule has 0 spiro atoms. The van der Waals surface area contributed by atoms with Crippen molar-refractivity contribution in [2.24, 2.45) is 0 Å². The van der Waals surface area contributed by atoms with Crippen molar-refractivity contribution in [3.05, 3.63) is 92.5 Å². The lowest BCUT2D eigenvalue weighted by atomic mass is 10.1. The highest BCUT2D eigenvalue weighted by Crippen LogP contribution is 2.38. The summed E-state index contributed by atoms with van der Waals surface area (Å²) in [5.74, 6) is 0.576. The van der Waals surface area contributed by atoms with Crippen LogP contribution < -0.4 is 14.8 Å². The number of hydrogen-bond acceptors (Lipinski definition) is 4. The van der Waals surface area contributed by atoms with E-state index in [2.05, 4.69) is 60.2 Å². The van der Waals surface area contributed by atoms with Gasteiger partial charge in [0, 0.05) is 5.69 Å². The molecule has 0 aliphatic rings. The van der Waals surface area contributed by atoms with E-state index in [0.717, 1.165) is 12.0 Å². The number of halogens is 1. The number of anilines is 1. The van der Waals surface area contributed by atoms with Crippen LogP contribution in [0.25, 0.3) is 6.08 Å². The summed E-state index contributed by atoms with van der Waals surface area (Å²) in [5.41, 5.74) is 5.84. The fraction of sp³-hybridized carbons (Fsp3) is 0.214. The summed E-state index contributed by atoms with van der Waals surface area (Å²) in [5, 5.41) is 12.3. The lowest BCUT2D eigenvalue weighted by Gasteiger charge is -2.14. The maximum Gasteiger partial charge on any atom is 0.266 e. The van der Waals surface area contributed by atoms with Gasteiger partial charge in [0.1, 0.15) is 18.2 Å². The Labute approximate surface area is 209 Å². The number of aryl methyl sites for hydroxylation is 3. The molecule has 0 saturated heterocycles. The van der Waals surface area contributed by atoms with Crippen molar-refractivity contribution in [3.8, 4) is 17.6 Å². The summed E-state index contributed by atoms with van der Waals surface area (Å²) < 4.78 is 12.2. The minimum atomic E-state index is -0.475. The van der Waals surface area contributed by atoms with Gasteiger partial charge in [0.25, 0.3) is 5.91 Å². The number of methoxy groups -OCH3 is 1. The highest BCUT2D eigenvalue weighted by Gasteiger charge is 2.14. The van der Waals surface area contributed by atoms with Gasteiger partial charge < -0.3 is 14.8 Å². The van der Waals surface area contributed by atoms with E-state index in [4.69, 9.17) is 9.47 Å². The molecule has 3 rings (SSSR count). The lowest BCUT2D eigenvalue weighted by molar-refractivity contribution is -0.112. The average Bonchev–Trinajstić information content (AvgIpc) is 2.81. The van der Waals surface area contributed by atoms with Crippen molar-refractivity contribution < 1.29 is 14.3 Å². The third-order valence-corrected chi connectivity index (χ3v) is 5.80. The number of hydrogen-bond donors (Lipinski definition) is 1. The fourth-order valence-corrected chi connectivity index (χ4v) is 4.18. The average molecular weight is 519 g/mol. The zero-order valence-electron chi connectivity index (χ0n) is 19.7. The molecule has 34 heavy (non-hydrogen) atoms. The van der Waals surface area contributed by atoms with E-state index in [1.54, 1.807) is 19.2 Å². The molecule has 0 radical (unpaired) electrons. The van der Waals surface area contributed by atoms with Gasteiger partial charge in [-0.25, -0.2) is 0 Å². The van der Waals surface area contributed by atoms with Crippen LogP contribution in [0, 0.1) is 25.2 Å². The molecule has 3 aromatic rings. The monoisotopic (exact) mass is 518 g/mol. The number of nitriles is 1. The van der Waals surface area contributed by atoms with E-state index < -0.39 is 5.91 Å². The minimum absolute atomic E-state index is 0.0163. The minimum Gasteiger partial charge on any atom is -0.493 e. The molecule has 6 heteroatoms. The third-order valence-electron chi connectivity index (χ3n) is 5.21. The summed E-state index contributed by atoms with van der Waals surface area (Å²) in [4.78, 5) is 12.7. The lowest BCUT2D eigenvalue weighted by Crippen LogP contribution is -2.13. The zero-order valence-corrected chi connectivity index (χ0v) is 21.3. The summed E-state index contributed by atoms with van der Waals surface area (Å²) in [6.07, 6.45) is 2.44. The topological polar surface area (TPSA) is 71.4 Å². The van der Waals surface area contributed by atoms with Crippen molar-refractivity contribution in [1.29, 1.82) is 5.26 Å². The molecule has 0 aliphatic heterocycles. The second kappa shape index (κ2) is 11.5. The number of nitrogens with zero attached hydrogens (tertiary/aromatic N) is 1. The van der Waals surface area contributed by atoms with Crippen molar-refractivity contribution in [3.63, 3.8) is 0 Å². The standard InChI is InChI=1S/C28H27BrN2O3/c1-5-20-6-8-24(9-7-20)31-28(32)23(16-30)13-21-14-25(29)27(26(15-21)33-4)34-17-22-11-18(2)10-19(3)12-22/h6-15H,5,17H2,1-4H3,(H,31,32)/b23-13+. The van der Waals surface area contributed by atoms with Crippen LogP contribution in [-0.4, -0.2) is 13.0 Å². The van der Waals surface area contributed by atoms with Gasteiger partial charge in [0.15, 0.2) is 11.5 Å². The first-order valence-corrected chi connectivity index (χ1v) is 11.7. The van der Waals surface area contributed by atoms with Crippen molar-refractivity contribution in [2.75, 3.05) is 12.4 Å². The second-order valence-corrected chi connectivity index (χ2v) is 8.85. The Morgan fingerprint density at radius 1 is 1.06 bits per heavy atom. The maximum absolute atomic E-state index is 12.7. The van der Waals surface area contributed by atoms with Gasteiger partial charge in [0.2, 0.25) is 0 Å². The molecule has 174 valence electrons. The van der Waals surface area contributed by atoms with Crippen LogP contribution in [0.15, 0.2) is 64.6 Å². The van der Waals surface area contributed by atoms with E-state index in [-0.39, 0.29) is 5.57 Å². The van der Waals surface area contributed by atoms with Gasteiger partial charge in [-0.1, -0.05) is 48.4 Å². The number of rotatable bonds is 8. The molecule has 0 saturated carbocycles. The Morgan fingerprint density at radius 3 is 2.32 bits per heavy atom. The molecule has 5 nitrogen and oxygen atoms in total. The van der Waals surface area contributed by atoms with E-state index in [9.17, 15) is 10.1 Å². The molecule has 1 N–H and O–H groups in total. The predicted molar refractivity (Wildman–Crippen MR) is 139 cm³/mol. The van der Waals surface area contributed by atoms with Crippen LogP contribution in [-0.2, 0) is 17.8 Å². The highest BCUT2D eigenvalue weighted by molar-refractivity contribution is 9.10. The molecule has 0 atom stereocenters. The maximum atomic E-state index is 12.7. The van der Waals surface area contributed by atoms with E-state index in [0.29, 0.717) is 33.8 Å². The Morgan fingerprint density at radius 2 is 1.74 bits per heavy atom. The highest BCUT2D eigenvalue weighted by atomic mass is 79.9. The normalized spacial score (nSPS) is 11.0. The summed E-state index contributed by atoms with van der Waals surface area (Å²) in [6.45, 7) is 6.56. The largest absolute Gasteiger partial charge is 0.493 e. The van der Waals surface area contributed by atoms with Crippen molar-refractivity contribution in [2.45, 2.75) is 33.8 Å². The molecule has 1 amide bonds. The molecule has 0 heterocycles. The molecular formula is C28H27BrN2O3. The predicted octanol–water partition coefficient (Wildman–Crippen LogP) is 6.76. The third kappa shape index (κ3) is 6.49. The molecular weight excluding hydrogens is 492 g/mol. The van der Waals surface area contributed by atoms with Crippen LogP contribution in [0.4, 0.5) is 5.69 Å². The number of ether oxygens (including phenoxy) is 2. The van der Waals surface area contributed by atoms with Gasteiger partial charge >= 0.3 is 0 Å². The molecule has 0 bridgehead atoms. The number of carbonyl (C=O) groups excluding carboxylic acids is 1. The van der Waals surface area contributed by atoms with Crippen LogP contribution in [0.3, 0.4) is 0 Å². The Bertz CT molecular complexity index is 1240. The van der Waals surface area contributed by atoms with E-state index in [1.165, 1.54) is 22.8 Å². The SMILES string of the molecule is CCc1ccc(NC(=O)/C(C#N)=C/c2cc(Br)c(OCc3cc(C)cc(C)c3)c(OC)c2)cc1. The van der Waals surface area contributed by atoms with Gasteiger partial charge in [-0.15, -0.1) is 0 Å². The van der Waals surface area contributed by atoms with Gasteiger partial charge in [-0.2, -0.15) is 5.26 Å². The van der Waals surface area contributed by atoms with Crippen molar-refractivity contribution in [1.82, 2.24) is 0 Å². The smallest absolute Gasteiger partial charge is 0.266 e. The first-order chi connectivity index (χ1) is 16.3. The van der Waals surface area contributed by atoms with Gasteiger partial charge in [-0.3, -0.25) is 4.79 Å². The van der Waals surface area contributed by atoms with Crippen LogP contribution in [0.5, 0.6) is 11.5 Å². The molecule has 0 unspecified atom stereocenters. The van der Waals surface area contributed by atoms with Gasteiger partial charge in [0.05, 0.1) is 11.6 Å². The van der Waals surface area contributed by atoms with Gasteiger partial charge in [-0.05, 0) is 83.2 Å². The molecule has 0 aliphatic carbocycles. The number of carbonyl (C=O) groups is 1. The fourth-order valence-electron chi connectivity index (χ4n) is 3.61. The number of nitrogens with one attached hydrogen (secondary N) is 1. The molecule has 0 aromatic heterocycles. The van der Waals surface area contributed by atoms with E-state index in [1.807, 2.05) is 30.3 Å². The van der Waals surface area contributed by atoms with Crippen LogP contribution in [0.2, 0.25) is 0 Å². The number of amides is 1. The zero-order chi connectivity index (χ0) is 24.7. The molecule has 3 aromatic carbocycles. The first-order valence-electron chi connectivity index (χ1n) is 10.9.